The van der Waals surface area contributed by atoms with Crippen LogP contribution in [-0.2, 0) is 70.1 Å². The van der Waals surface area contributed by atoms with E-state index in [1.54, 1.807) is 13.8 Å². The molecule has 0 aromatic heterocycles. The van der Waals surface area contributed by atoms with Crippen LogP contribution in [-0.4, -0.2) is 258 Å². The summed E-state index contributed by atoms with van der Waals surface area (Å²) in [5.41, 5.74) is -2.49. The van der Waals surface area contributed by atoms with Crippen molar-refractivity contribution in [3.8, 4) is 0 Å². The van der Waals surface area contributed by atoms with E-state index in [1.807, 2.05) is 0 Å². The molecule has 3 heterocycles. The van der Waals surface area contributed by atoms with Gasteiger partial charge in [-0.2, -0.15) is 26.3 Å². The number of nitrogens with one attached hydrogen (secondary N) is 3. The SMILES string of the molecule is CC[C@H](C)[C@@H]1NC(=O)[C@H](CC(F)(F)F)N(C)C(=O)C[C@@H](C(=O)N2CCCC2)N(C)C(=O)[C@H](C2CCCCC2)N(C)C(=O)C2(CCCC2)NC(=O)[C@@H]2CCCN2C(=O)[C@H](CCc2ccc(C(F)(F)F)c(Cl)c2)NC(=O)CN(C)C(=O)[C@H](CC2CCCC2)N(C)C(=O)CN(C)C(=O)CN(C)C1=O. The molecule has 0 unspecified atom stereocenters. The first-order valence-electron chi connectivity index (χ1n) is 35.2. The van der Waals surface area contributed by atoms with Crippen LogP contribution in [0.2, 0.25) is 5.02 Å². The predicted octanol–water partition coefficient (Wildman–Crippen LogP) is 5.55. The standard InChI is InChI=1S/C69H101ClF6N12O12/c1-10-42(2)57-64(98)82(5)40-55(91)80(3)41-56(92)83(6)50(36-43-21-14-15-22-43)62(96)81(4)39-53(89)77-48(29-27-44-26-28-46(47(70)35-44)69(74,75)76)61(95)88-34-20-25-49(88)60(94)79-67(30-16-17-31-67)66(100)86(9)58(45-23-12-11-13-24-45)65(99)85(8)51(63(97)87-32-18-19-33-87)37-54(90)84(7)52(59(93)78-57)38-68(71,72)73/h26,28,35,42-43,45,48-52,57-58H,10-25,27,29-34,36-41H2,1-9H3,(H,77,89)(H,78,93)(H,79,94)/t42-,48-,49-,50-,51-,52-,57-,58-/m0/s1. The lowest BCUT2D eigenvalue weighted by molar-refractivity contribution is -0.163. The van der Waals surface area contributed by atoms with Crippen LogP contribution in [0.5, 0.6) is 0 Å². The monoisotopic (exact) mass is 1440 g/mol. The zero-order valence-electron chi connectivity index (χ0n) is 59.1. The topological polar surface area (TPSA) is 270 Å². The normalized spacial score (nSPS) is 26.8. The van der Waals surface area contributed by atoms with Gasteiger partial charge in [-0.3, -0.25) is 57.5 Å². The summed E-state index contributed by atoms with van der Waals surface area (Å²) in [6.07, 6.45) is -3.99. The third-order valence-corrected chi connectivity index (χ3v) is 21.9. The molecule has 3 aliphatic carbocycles. The summed E-state index contributed by atoms with van der Waals surface area (Å²) in [7, 11) is 8.80. The quantitative estimate of drug-likeness (QED) is 0.244. The molecule has 24 nitrogen and oxygen atoms in total. The summed E-state index contributed by atoms with van der Waals surface area (Å²) in [5, 5.41) is 7.54. The first-order valence-corrected chi connectivity index (χ1v) is 35.6. The maximum Gasteiger partial charge on any atom is 0.417 e. The van der Waals surface area contributed by atoms with E-state index in [2.05, 4.69) is 16.0 Å². The molecule has 1 spiro atoms. The molecule has 31 heteroatoms. The Labute approximate surface area is 586 Å². The fraction of sp³-hybridized carbons (Fsp3) is 0.739. The van der Waals surface area contributed by atoms with Crippen molar-refractivity contribution in [1.29, 1.82) is 0 Å². The molecular weight excluding hydrogens is 1340 g/mol. The predicted molar refractivity (Wildman–Crippen MR) is 356 cm³/mol. The summed E-state index contributed by atoms with van der Waals surface area (Å²) >= 11 is 6.13. The van der Waals surface area contributed by atoms with Crippen molar-refractivity contribution in [1.82, 2.24) is 60.0 Å². The third-order valence-electron chi connectivity index (χ3n) is 21.6. The van der Waals surface area contributed by atoms with Gasteiger partial charge in [0.25, 0.3) is 0 Å². The molecule has 8 atom stereocenters. The summed E-state index contributed by atoms with van der Waals surface area (Å²) in [6, 6.07) is -7.75. The van der Waals surface area contributed by atoms with E-state index in [9.17, 15) is 64.7 Å². The Hall–Kier alpha value is -7.27. The van der Waals surface area contributed by atoms with Crippen LogP contribution >= 0.6 is 11.6 Å². The van der Waals surface area contributed by atoms with E-state index in [1.165, 1.54) is 63.1 Å². The molecule has 558 valence electrons. The fourth-order valence-corrected chi connectivity index (χ4v) is 15.5. The zero-order chi connectivity index (χ0) is 73.9. The average Bonchev–Trinajstić information content (AvgIpc) is 1.31. The Morgan fingerprint density at radius 1 is 0.620 bits per heavy atom. The molecule has 7 rings (SSSR count). The second-order valence-corrected chi connectivity index (χ2v) is 29.1. The first kappa shape index (κ1) is 80.0. The molecule has 6 aliphatic rings. The van der Waals surface area contributed by atoms with Crippen molar-refractivity contribution in [2.75, 3.05) is 88.6 Å². The lowest BCUT2D eigenvalue weighted by Gasteiger charge is -2.43. The largest absolute Gasteiger partial charge is 0.417 e. The van der Waals surface area contributed by atoms with Crippen LogP contribution in [0.1, 0.15) is 166 Å². The molecular formula is C69H101ClF6N12O12. The lowest BCUT2D eigenvalue weighted by Crippen LogP contribution is -2.65. The van der Waals surface area contributed by atoms with E-state index in [-0.39, 0.29) is 82.5 Å². The number of alkyl halides is 6. The number of nitrogens with zero attached hydrogens (tertiary/aromatic N) is 9. The second-order valence-electron chi connectivity index (χ2n) is 28.7. The minimum atomic E-state index is -5.09. The number of carbonyl (C=O) groups is 12. The number of fused-ring (bicyclic) bond motifs is 1. The molecule has 1 aromatic carbocycles. The van der Waals surface area contributed by atoms with Gasteiger partial charge in [0.2, 0.25) is 70.9 Å². The Balaban J connectivity index is 1.29. The second kappa shape index (κ2) is 34.6. The molecule has 3 saturated carbocycles. The van der Waals surface area contributed by atoms with Crippen LogP contribution in [0, 0.1) is 17.8 Å². The van der Waals surface area contributed by atoms with Crippen molar-refractivity contribution in [3.05, 3.63) is 34.3 Å². The number of benzene rings is 1. The number of likely N-dealkylation sites (tertiary alicyclic amines) is 1. The number of amides is 12. The number of hydrogen-bond acceptors (Lipinski definition) is 12. The van der Waals surface area contributed by atoms with E-state index in [4.69, 9.17) is 11.6 Å². The number of carbonyl (C=O) groups excluding carboxylic acids is 12. The molecule has 6 fully saturated rings. The van der Waals surface area contributed by atoms with Crippen molar-refractivity contribution in [2.24, 2.45) is 17.8 Å². The van der Waals surface area contributed by atoms with E-state index in [0.29, 0.717) is 56.3 Å². The lowest BCUT2D eigenvalue weighted by atomic mass is 9.81. The Morgan fingerprint density at radius 2 is 1.22 bits per heavy atom. The van der Waals surface area contributed by atoms with Crippen LogP contribution in [0.25, 0.3) is 0 Å². The molecule has 100 heavy (non-hydrogen) atoms. The maximum absolute atomic E-state index is 15.6. The van der Waals surface area contributed by atoms with Crippen molar-refractivity contribution in [3.63, 3.8) is 0 Å². The van der Waals surface area contributed by atoms with Gasteiger partial charge in [-0.25, -0.2) is 0 Å². The number of likely N-dealkylation sites (N-methyl/N-ethyl adjacent to an activating group) is 7. The van der Waals surface area contributed by atoms with Gasteiger partial charge in [0, 0.05) is 69.0 Å². The zero-order valence-corrected chi connectivity index (χ0v) is 59.8. The molecule has 12 amide bonds. The van der Waals surface area contributed by atoms with Gasteiger partial charge in [0.05, 0.1) is 43.1 Å². The molecule has 1 aromatic rings. The summed E-state index contributed by atoms with van der Waals surface area (Å²) in [6.45, 7) is 1.62. The number of aryl methyl sites for hydroxylation is 1. The number of hydrogen-bond donors (Lipinski definition) is 3. The van der Waals surface area contributed by atoms with Gasteiger partial charge < -0.3 is 60.0 Å². The molecule has 3 N–H and O–H groups in total. The van der Waals surface area contributed by atoms with Gasteiger partial charge >= 0.3 is 12.4 Å². The first-order chi connectivity index (χ1) is 47.0. The Morgan fingerprint density at radius 3 is 1.82 bits per heavy atom. The smallest absolute Gasteiger partial charge is 0.343 e. The minimum Gasteiger partial charge on any atom is -0.343 e. The van der Waals surface area contributed by atoms with Gasteiger partial charge in [0.15, 0.2) is 0 Å². The van der Waals surface area contributed by atoms with Gasteiger partial charge in [0.1, 0.15) is 47.8 Å². The van der Waals surface area contributed by atoms with Crippen LogP contribution in [0.3, 0.4) is 0 Å². The molecule has 3 saturated heterocycles. The van der Waals surface area contributed by atoms with E-state index >= 15 is 19.2 Å². The summed E-state index contributed by atoms with van der Waals surface area (Å²) in [5.74, 6) is -11.5. The number of rotatable bonds is 10. The van der Waals surface area contributed by atoms with Crippen LogP contribution in [0.4, 0.5) is 26.3 Å². The highest BCUT2D eigenvalue weighted by atomic mass is 35.5. The molecule has 0 bridgehead atoms. The van der Waals surface area contributed by atoms with E-state index in [0.717, 1.165) is 75.8 Å². The summed E-state index contributed by atoms with van der Waals surface area (Å²) in [4.78, 5) is 187. The Kier molecular flexibility index (Phi) is 27.7. The highest BCUT2D eigenvalue weighted by Gasteiger charge is 2.52. The molecule has 0 radical (unpaired) electrons. The number of halogens is 7. The van der Waals surface area contributed by atoms with Gasteiger partial charge in [-0.05, 0) is 106 Å². The third kappa shape index (κ3) is 19.9. The van der Waals surface area contributed by atoms with Gasteiger partial charge in [-0.15, -0.1) is 0 Å². The Bertz CT molecular complexity index is 3160. The minimum absolute atomic E-state index is 0.0114. The van der Waals surface area contributed by atoms with Crippen molar-refractivity contribution >= 4 is 82.5 Å². The maximum atomic E-state index is 15.6. The van der Waals surface area contributed by atoms with Crippen molar-refractivity contribution in [2.45, 2.75) is 222 Å². The van der Waals surface area contributed by atoms with E-state index < -0.39 is 186 Å². The van der Waals surface area contributed by atoms with Crippen LogP contribution in [0.15, 0.2) is 18.2 Å². The van der Waals surface area contributed by atoms with Crippen LogP contribution < -0.4 is 16.0 Å². The van der Waals surface area contributed by atoms with Gasteiger partial charge in [-0.1, -0.05) is 95.7 Å². The molecule has 3 aliphatic heterocycles. The fourth-order valence-electron chi connectivity index (χ4n) is 15.2. The average molecular weight is 1440 g/mol. The van der Waals surface area contributed by atoms with Crippen molar-refractivity contribution < 1.29 is 83.9 Å². The highest BCUT2D eigenvalue weighted by Crippen LogP contribution is 2.39. The highest BCUT2D eigenvalue weighted by molar-refractivity contribution is 6.31. The summed E-state index contributed by atoms with van der Waals surface area (Å²) < 4.78 is 85.8.